The molecule has 1 saturated carbocycles. The van der Waals surface area contributed by atoms with E-state index in [4.69, 9.17) is 11.6 Å². The normalized spacial score (nSPS) is 14.1. The third-order valence-corrected chi connectivity index (χ3v) is 10.0. The fraction of sp³-hybridized carbons (Fsp3) is 0.257. The standard InChI is InChI=1S/C35H35ClFN3O4S/c36-28-17-15-27(16-18-28)24-39(33(23-26-9-3-1-4-10-26)35(42)38-30-11-7-8-12-30)34(41)25-40(31-13-5-2-6-14-31)45(43,44)32-21-19-29(37)20-22-32/h1-6,9-10,13-22,30,33H,7-8,11-12,23-25H2,(H,38,42)/t33-/m1/s1. The van der Waals surface area contributed by atoms with E-state index in [-0.39, 0.29) is 35.5 Å². The molecule has 2 amide bonds. The highest BCUT2D eigenvalue weighted by molar-refractivity contribution is 7.92. The van der Waals surface area contributed by atoms with Gasteiger partial charge in [-0.3, -0.25) is 13.9 Å². The van der Waals surface area contributed by atoms with Crippen molar-refractivity contribution in [3.8, 4) is 0 Å². The molecule has 0 saturated heterocycles. The van der Waals surface area contributed by atoms with Gasteiger partial charge in [0.05, 0.1) is 10.6 Å². The summed E-state index contributed by atoms with van der Waals surface area (Å²) in [4.78, 5) is 29.8. The van der Waals surface area contributed by atoms with Gasteiger partial charge < -0.3 is 10.2 Å². The highest BCUT2D eigenvalue weighted by atomic mass is 35.5. The summed E-state index contributed by atoms with van der Waals surface area (Å²) in [7, 11) is -4.30. The van der Waals surface area contributed by atoms with Crippen molar-refractivity contribution in [2.45, 2.75) is 55.6 Å². The van der Waals surface area contributed by atoms with Gasteiger partial charge in [-0.15, -0.1) is 0 Å². The molecule has 4 aromatic rings. The van der Waals surface area contributed by atoms with E-state index >= 15 is 0 Å². The van der Waals surface area contributed by atoms with E-state index in [2.05, 4.69) is 5.32 Å². The van der Waals surface area contributed by atoms with Gasteiger partial charge in [-0.1, -0.05) is 85.1 Å². The number of sulfonamides is 1. The predicted molar refractivity (Wildman–Crippen MR) is 174 cm³/mol. The van der Waals surface area contributed by atoms with Crippen LogP contribution in [0, 0.1) is 5.82 Å². The second-order valence-electron chi connectivity index (χ2n) is 11.1. The first-order valence-electron chi connectivity index (χ1n) is 14.9. The molecule has 1 N–H and O–H groups in total. The van der Waals surface area contributed by atoms with Crippen molar-refractivity contribution < 1.29 is 22.4 Å². The zero-order valence-corrected chi connectivity index (χ0v) is 26.3. The van der Waals surface area contributed by atoms with Crippen LogP contribution in [0.5, 0.6) is 0 Å². The van der Waals surface area contributed by atoms with Crippen LogP contribution < -0.4 is 9.62 Å². The first-order valence-corrected chi connectivity index (χ1v) is 16.7. The van der Waals surface area contributed by atoms with E-state index in [0.717, 1.165) is 53.2 Å². The molecule has 1 aliphatic carbocycles. The summed E-state index contributed by atoms with van der Waals surface area (Å²) in [5.74, 6) is -1.44. The fourth-order valence-corrected chi connectivity index (χ4v) is 7.10. The van der Waals surface area contributed by atoms with Gasteiger partial charge in [0, 0.05) is 24.0 Å². The van der Waals surface area contributed by atoms with Gasteiger partial charge >= 0.3 is 0 Å². The lowest BCUT2D eigenvalue weighted by atomic mass is 10.0. The lowest BCUT2D eigenvalue weighted by molar-refractivity contribution is -0.140. The number of benzene rings is 4. The number of carbonyl (C=O) groups is 2. The van der Waals surface area contributed by atoms with Crippen LogP contribution in [0.1, 0.15) is 36.8 Å². The van der Waals surface area contributed by atoms with Crippen molar-refractivity contribution in [3.63, 3.8) is 0 Å². The van der Waals surface area contributed by atoms with Crippen molar-refractivity contribution in [3.05, 3.63) is 131 Å². The van der Waals surface area contributed by atoms with Crippen molar-refractivity contribution in [2.75, 3.05) is 10.8 Å². The Morgan fingerprint density at radius 2 is 1.42 bits per heavy atom. The molecule has 5 rings (SSSR count). The first kappa shape index (κ1) is 32.2. The Kier molecular flexibility index (Phi) is 10.5. The molecule has 1 atom stereocenters. The second kappa shape index (κ2) is 14.7. The average Bonchev–Trinajstić information content (AvgIpc) is 3.56. The quantitative estimate of drug-likeness (QED) is 0.194. The van der Waals surface area contributed by atoms with Gasteiger partial charge in [-0.25, -0.2) is 12.8 Å². The molecule has 45 heavy (non-hydrogen) atoms. The van der Waals surface area contributed by atoms with Gasteiger partial charge in [0.25, 0.3) is 10.0 Å². The number of carbonyl (C=O) groups excluding carboxylic acids is 2. The highest BCUT2D eigenvalue weighted by Gasteiger charge is 2.35. The molecule has 0 radical (unpaired) electrons. The summed E-state index contributed by atoms with van der Waals surface area (Å²) in [6, 6.07) is 28.2. The van der Waals surface area contributed by atoms with Crippen LogP contribution in [0.2, 0.25) is 5.02 Å². The van der Waals surface area contributed by atoms with E-state index in [1.54, 1.807) is 54.6 Å². The minimum atomic E-state index is -4.30. The second-order valence-corrected chi connectivity index (χ2v) is 13.4. The molecule has 10 heteroatoms. The molecule has 1 aliphatic rings. The van der Waals surface area contributed by atoms with Gasteiger partial charge in [-0.2, -0.15) is 0 Å². The Bertz CT molecular complexity index is 1680. The van der Waals surface area contributed by atoms with Gasteiger partial charge in [-0.05, 0) is 72.5 Å². The number of para-hydroxylation sites is 1. The summed E-state index contributed by atoms with van der Waals surface area (Å²) >= 11 is 6.14. The molecule has 0 heterocycles. The molecule has 4 aromatic carbocycles. The van der Waals surface area contributed by atoms with Crippen LogP contribution in [0.25, 0.3) is 0 Å². The molecule has 0 aliphatic heterocycles. The predicted octanol–water partition coefficient (Wildman–Crippen LogP) is 6.37. The molecule has 0 unspecified atom stereocenters. The van der Waals surface area contributed by atoms with E-state index in [1.165, 1.54) is 17.0 Å². The number of nitrogens with one attached hydrogen (secondary N) is 1. The monoisotopic (exact) mass is 647 g/mol. The maximum atomic E-state index is 14.5. The minimum Gasteiger partial charge on any atom is -0.352 e. The minimum absolute atomic E-state index is 0.0166. The number of anilines is 1. The summed E-state index contributed by atoms with van der Waals surface area (Å²) in [6.07, 6.45) is 4.01. The number of rotatable bonds is 12. The van der Waals surface area contributed by atoms with Crippen LogP contribution in [0.4, 0.5) is 10.1 Å². The lowest BCUT2D eigenvalue weighted by Crippen LogP contribution is -2.54. The molecular formula is C35H35ClFN3O4S. The molecule has 0 spiro atoms. The Hall–Kier alpha value is -4.21. The Morgan fingerprint density at radius 1 is 0.822 bits per heavy atom. The summed E-state index contributed by atoms with van der Waals surface area (Å²) in [5, 5.41) is 3.68. The molecule has 234 valence electrons. The third kappa shape index (κ3) is 8.29. The zero-order chi connectivity index (χ0) is 31.8. The van der Waals surface area contributed by atoms with Crippen LogP contribution in [0.15, 0.2) is 114 Å². The first-order chi connectivity index (χ1) is 21.7. The molecule has 7 nitrogen and oxygen atoms in total. The molecule has 1 fully saturated rings. The van der Waals surface area contributed by atoms with E-state index in [0.29, 0.717) is 5.02 Å². The Balaban J connectivity index is 1.54. The maximum Gasteiger partial charge on any atom is 0.264 e. The highest BCUT2D eigenvalue weighted by Crippen LogP contribution is 2.26. The summed E-state index contributed by atoms with van der Waals surface area (Å²) in [5.41, 5.74) is 1.85. The summed E-state index contributed by atoms with van der Waals surface area (Å²) < 4.78 is 42.6. The third-order valence-electron chi connectivity index (χ3n) is 7.96. The topological polar surface area (TPSA) is 86.8 Å². The number of hydrogen-bond acceptors (Lipinski definition) is 4. The van der Waals surface area contributed by atoms with Gasteiger partial charge in [0.15, 0.2) is 0 Å². The number of nitrogens with zero attached hydrogens (tertiary/aromatic N) is 2. The number of amides is 2. The SMILES string of the molecule is O=C(NC1CCCC1)[C@@H](Cc1ccccc1)N(Cc1ccc(Cl)cc1)C(=O)CN(c1ccccc1)S(=O)(=O)c1ccc(F)cc1. The fourth-order valence-electron chi connectivity index (χ4n) is 5.56. The van der Waals surface area contributed by atoms with E-state index in [9.17, 15) is 22.4 Å². The van der Waals surface area contributed by atoms with Crippen LogP contribution in [0.3, 0.4) is 0 Å². The molecule has 0 bridgehead atoms. The number of hydrogen-bond donors (Lipinski definition) is 1. The van der Waals surface area contributed by atoms with Crippen LogP contribution in [-0.4, -0.2) is 43.8 Å². The van der Waals surface area contributed by atoms with Crippen molar-refractivity contribution in [1.82, 2.24) is 10.2 Å². The van der Waals surface area contributed by atoms with Gasteiger partial charge in [0.2, 0.25) is 11.8 Å². The van der Waals surface area contributed by atoms with Crippen LogP contribution in [-0.2, 0) is 32.6 Å². The van der Waals surface area contributed by atoms with E-state index < -0.39 is 34.3 Å². The lowest BCUT2D eigenvalue weighted by Gasteiger charge is -2.34. The smallest absolute Gasteiger partial charge is 0.264 e. The number of halogens is 2. The van der Waals surface area contributed by atoms with Crippen LogP contribution >= 0.6 is 11.6 Å². The Morgan fingerprint density at radius 3 is 2.04 bits per heavy atom. The van der Waals surface area contributed by atoms with Gasteiger partial charge in [0.1, 0.15) is 18.4 Å². The molecular weight excluding hydrogens is 613 g/mol. The molecule has 0 aromatic heterocycles. The van der Waals surface area contributed by atoms with Crippen molar-refractivity contribution in [2.24, 2.45) is 0 Å². The maximum absolute atomic E-state index is 14.5. The average molecular weight is 648 g/mol. The Labute approximate surface area is 268 Å². The largest absolute Gasteiger partial charge is 0.352 e. The van der Waals surface area contributed by atoms with Crippen molar-refractivity contribution in [1.29, 1.82) is 0 Å². The summed E-state index contributed by atoms with van der Waals surface area (Å²) in [6.45, 7) is -0.538. The zero-order valence-electron chi connectivity index (χ0n) is 24.7. The van der Waals surface area contributed by atoms with Crippen molar-refractivity contribution >= 4 is 39.1 Å². The van der Waals surface area contributed by atoms with E-state index in [1.807, 2.05) is 30.3 Å².